The number of para-hydroxylation sites is 2. The van der Waals surface area contributed by atoms with Crippen molar-refractivity contribution < 1.29 is 4.79 Å². The van der Waals surface area contributed by atoms with Crippen molar-refractivity contribution in [3.63, 3.8) is 0 Å². The molecule has 1 aromatic heterocycles. The van der Waals surface area contributed by atoms with Gasteiger partial charge in [0.05, 0.1) is 11.0 Å². The molecule has 0 aliphatic carbocycles. The number of aromatic nitrogens is 2. The summed E-state index contributed by atoms with van der Waals surface area (Å²) in [6, 6.07) is 7.80. The normalized spacial score (nSPS) is 14.7. The van der Waals surface area contributed by atoms with Crippen LogP contribution in [-0.4, -0.2) is 29.0 Å². The lowest BCUT2D eigenvalue weighted by molar-refractivity contribution is -0.116. The first-order chi connectivity index (χ1) is 11.1. The van der Waals surface area contributed by atoms with Gasteiger partial charge in [0.25, 0.3) is 0 Å². The van der Waals surface area contributed by atoms with Crippen LogP contribution in [0, 0.1) is 5.92 Å². The molecule has 1 aliphatic rings. The van der Waals surface area contributed by atoms with Crippen LogP contribution in [0.5, 0.6) is 0 Å². The Hall–Kier alpha value is -2.17. The molecule has 0 radical (unpaired) electrons. The summed E-state index contributed by atoms with van der Waals surface area (Å²) in [5.74, 6) is 1.93. The summed E-state index contributed by atoms with van der Waals surface area (Å²) in [6.45, 7) is 6.20. The van der Waals surface area contributed by atoms with E-state index in [4.69, 9.17) is 4.98 Å². The first-order valence-corrected chi connectivity index (χ1v) is 8.45. The second-order valence-corrected chi connectivity index (χ2v) is 6.56. The van der Waals surface area contributed by atoms with E-state index in [0.717, 1.165) is 49.2 Å². The van der Waals surface area contributed by atoms with E-state index in [1.165, 1.54) is 0 Å². The molecule has 2 heterocycles. The SMILES string of the molecule is CC(C)CCC(=O)Nc1nc2ccccc2nc1N1CCCC1. The van der Waals surface area contributed by atoms with Gasteiger partial charge in [-0.3, -0.25) is 4.79 Å². The van der Waals surface area contributed by atoms with Crippen molar-refractivity contribution in [2.24, 2.45) is 5.92 Å². The highest BCUT2D eigenvalue weighted by molar-refractivity contribution is 5.94. The Labute approximate surface area is 137 Å². The zero-order valence-electron chi connectivity index (χ0n) is 13.9. The van der Waals surface area contributed by atoms with Crippen LogP contribution in [0.3, 0.4) is 0 Å². The molecule has 1 aliphatic heterocycles. The molecule has 23 heavy (non-hydrogen) atoms. The third-order valence-corrected chi connectivity index (χ3v) is 4.16. The fourth-order valence-corrected chi connectivity index (χ4v) is 2.84. The molecule has 0 spiro atoms. The average molecular weight is 312 g/mol. The maximum absolute atomic E-state index is 12.2. The molecule has 0 unspecified atom stereocenters. The third kappa shape index (κ3) is 3.78. The van der Waals surface area contributed by atoms with Gasteiger partial charge in [0.2, 0.25) is 5.91 Å². The van der Waals surface area contributed by atoms with E-state index < -0.39 is 0 Å². The number of hydrogen-bond donors (Lipinski definition) is 1. The number of amides is 1. The summed E-state index contributed by atoms with van der Waals surface area (Å²) in [5, 5.41) is 2.98. The highest BCUT2D eigenvalue weighted by Crippen LogP contribution is 2.28. The topological polar surface area (TPSA) is 58.1 Å². The Morgan fingerprint density at radius 3 is 2.48 bits per heavy atom. The zero-order chi connectivity index (χ0) is 16.2. The van der Waals surface area contributed by atoms with Gasteiger partial charge in [0.15, 0.2) is 11.6 Å². The van der Waals surface area contributed by atoms with E-state index in [1.807, 2.05) is 24.3 Å². The maximum atomic E-state index is 12.2. The van der Waals surface area contributed by atoms with Crippen molar-refractivity contribution in [2.45, 2.75) is 39.5 Å². The highest BCUT2D eigenvalue weighted by atomic mass is 16.1. The Morgan fingerprint density at radius 2 is 1.83 bits per heavy atom. The van der Waals surface area contributed by atoms with Crippen LogP contribution in [0.25, 0.3) is 11.0 Å². The second-order valence-electron chi connectivity index (χ2n) is 6.56. The minimum absolute atomic E-state index is 0.0173. The van der Waals surface area contributed by atoms with Crippen LogP contribution < -0.4 is 10.2 Å². The molecule has 2 aromatic rings. The molecule has 0 atom stereocenters. The molecule has 0 bridgehead atoms. The predicted octanol–water partition coefficient (Wildman–Crippen LogP) is 3.60. The number of carbonyl (C=O) groups is 1. The molecule has 1 saturated heterocycles. The Balaban J connectivity index is 1.89. The van der Waals surface area contributed by atoms with Gasteiger partial charge in [-0.05, 0) is 37.3 Å². The maximum Gasteiger partial charge on any atom is 0.225 e. The summed E-state index contributed by atoms with van der Waals surface area (Å²) in [4.78, 5) is 23.8. The van der Waals surface area contributed by atoms with Crippen LogP contribution in [0.2, 0.25) is 0 Å². The minimum atomic E-state index is 0.0173. The molecule has 1 aromatic carbocycles. The van der Waals surface area contributed by atoms with Crippen LogP contribution >= 0.6 is 0 Å². The molecule has 5 heteroatoms. The largest absolute Gasteiger partial charge is 0.354 e. The second kappa shape index (κ2) is 6.94. The summed E-state index contributed by atoms with van der Waals surface area (Å²) in [6.07, 6.45) is 3.72. The van der Waals surface area contributed by atoms with Crippen molar-refractivity contribution in [2.75, 3.05) is 23.3 Å². The molecule has 122 valence electrons. The number of nitrogens with one attached hydrogen (secondary N) is 1. The molecule has 5 nitrogen and oxygen atoms in total. The Bertz CT molecular complexity index is 692. The number of benzene rings is 1. The van der Waals surface area contributed by atoms with Crippen molar-refractivity contribution in [1.29, 1.82) is 0 Å². The number of hydrogen-bond acceptors (Lipinski definition) is 4. The average Bonchev–Trinajstić information content (AvgIpc) is 3.06. The quantitative estimate of drug-likeness (QED) is 0.916. The number of carbonyl (C=O) groups excluding carboxylic acids is 1. The van der Waals surface area contributed by atoms with Crippen molar-refractivity contribution in [1.82, 2.24) is 9.97 Å². The number of fused-ring (bicyclic) bond motifs is 1. The molecule has 3 rings (SSSR count). The van der Waals surface area contributed by atoms with Gasteiger partial charge in [-0.15, -0.1) is 0 Å². The summed E-state index contributed by atoms with van der Waals surface area (Å²) in [7, 11) is 0. The van der Waals surface area contributed by atoms with Gasteiger partial charge >= 0.3 is 0 Å². The van der Waals surface area contributed by atoms with E-state index in [2.05, 4.69) is 29.0 Å². The van der Waals surface area contributed by atoms with Crippen LogP contribution in [0.1, 0.15) is 39.5 Å². The van der Waals surface area contributed by atoms with E-state index in [-0.39, 0.29) is 5.91 Å². The lowest BCUT2D eigenvalue weighted by Crippen LogP contribution is -2.23. The third-order valence-electron chi connectivity index (χ3n) is 4.16. The standard InChI is InChI=1S/C18H24N4O/c1-13(2)9-10-16(23)21-17-18(22-11-5-6-12-22)20-15-8-4-3-7-14(15)19-17/h3-4,7-8,13H,5-6,9-12H2,1-2H3,(H,19,21,23). The van der Waals surface area contributed by atoms with Gasteiger partial charge < -0.3 is 10.2 Å². The van der Waals surface area contributed by atoms with Crippen LogP contribution in [-0.2, 0) is 4.79 Å². The molecule has 1 amide bonds. The Morgan fingerprint density at radius 1 is 1.17 bits per heavy atom. The van der Waals surface area contributed by atoms with Crippen molar-refractivity contribution in [3.05, 3.63) is 24.3 Å². The molecular formula is C18H24N4O. The number of anilines is 2. The first-order valence-electron chi connectivity index (χ1n) is 8.45. The smallest absolute Gasteiger partial charge is 0.225 e. The summed E-state index contributed by atoms with van der Waals surface area (Å²) < 4.78 is 0. The fraction of sp³-hybridized carbons (Fsp3) is 0.500. The summed E-state index contributed by atoms with van der Waals surface area (Å²) >= 11 is 0. The van der Waals surface area contributed by atoms with Crippen LogP contribution in [0.4, 0.5) is 11.6 Å². The van der Waals surface area contributed by atoms with Crippen LogP contribution in [0.15, 0.2) is 24.3 Å². The van der Waals surface area contributed by atoms with E-state index in [1.54, 1.807) is 0 Å². The monoisotopic (exact) mass is 312 g/mol. The van der Waals surface area contributed by atoms with Crippen molar-refractivity contribution >= 4 is 28.6 Å². The van der Waals surface area contributed by atoms with E-state index >= 15 is 0 Å². The van der Waals surface area contributed by atoms with E-state index in [0.29, 0.717) is 18.2 Å². The molecular weight excluding hydrogens is 288 g/mol. The van der Waals surface area contributed by atoms with E-state index in [9.17, 15) is 4.79 Å². The lowest BCUT2D eigenvalue weighted by Gasteiger charge is -2.20. The minimum Gasteiger partial charge on any atom is -0.354 e. The number of nitrogens with zero attached hydrogens (tertiary/aromatic N) is 3. The first kappa shape index (κ1) is 15.7. The molecule has 1 N–H and O–H groups in total. The lowest BCUT2D eigenvalue weighted by atomic mass is 10.1. The number of rotatable bonds is 5. The van der Waals surface area contributed by atoms with Gasteiger partial charge in [-0.1, -0.05) is 26.0 Å². The molecule has 0 saturated carbocycles. The zero-order valence-corrected chi connectivity index (χ0v) is 13.9. The Kier molecular flexibility index (Phi) is 4.74. The van der Waals surface area contributed by atoms with Crippen molar-refractivity contribution in [3.8, 4) is 0 Å². The van der Waals surface area contributed by atoms with Gasteiger partial charge in [0, 0.05) is 19.5 Å². The summed E-state index contributed by atoms with van der Waals surface area (Å²) in [5.41, 5.74) is 1.68. The predicted molar refractivity (Wildman–Crippen MR) is 93.7 cm³/mol. The fourth-order valence-electron chi connectivity index (χ4n) is 2.84. The molecule has 1 fully saturated rings. The van der Waals surface area contributed by atoms with Gasteiger partial charge in [0.1, 0.15) is 0 Å². The van der Waals surface area contributed by atoms with Gasteiger partial charge in [-0.25, -0.2) is 9.97 Å². The van der Waals surface area contributed by atoms with Gasteiger partial charge in [-0.2, -0.15) is 0 Å². The highest BCUT2D eigenvalue weighted by Gasteiger charge is 2.20.